The lowest BCUT2D eigenvalue weighted by Gasteiger charge is -2.38. The maximum absolute atomic E-state index is 15.2. The van der Waals surface area contributed by atoms with Crippen LogP contribution in [0, 0.1) is 23.7 Å². The van der Waals surface area contributed by atoms with Crippen molar-refractivity contribution in [2.45, 2.75) is 200 Å². The Hall–Kier alpha value is -5.67. The molecule has 14 atom stereocenters. The Kier molecular flexibility index (Phi) is 22.0. The van der Waals surface area contributed by atoms with Crippen LogP contribution >= 0.6 is 0 Å². The number of esters is 2. The molecule has 77 heavy (non-hydrogen) atoms. The van der Waals surface area contributed by atoms with Crippen molar-refractivity contribution in [3.8, 4) is 5.75 Å². The zero-order valence-electron chi connectivity index (χ0n) is 47.6. The van der Waals surface area contributed by atoms with Crippen molar-refractivity contribution in [1.82, 2.24) is 35.1 Å². The standard InChI is InChI=1S/C56H87N7O14/c1-14-32(6)46-44(65)28-45(66)77-49(31(4)5)48(67)34(8)50(68)57-40(25-30(2)3)53(71)62-24-16-18-41(62)54(72)60(12)43(27-37-19-21-39(75-13)22-20-37)56(74)76-36(10)47(51(69)58-46)63-33(7)26-42(55(63)73)59(11)29-38-17-15-23-61(38)52(70)35(9)64/h19-22,30-36,38,40-44,46-47,49,64-65H,14-18,23-29H2,1-13H3,(H,57,68)(H,58,69)/t32-,33?,34-,35-,36+,38-,40-,41-,42+,43-,44-,46+,47-,49-/m0/s1. The average Bonchev–Trinajstić information content (AvgIpc) is 4.13. The smallest absolute Gasteiger partial charge is 0.329 e. The number of carbonyl (C=O) groups is 9. The van der Waals surface area contributed by atoms with Gasteiger partial charge in [-0.15, -0.1) is 0 Å². The number of aliphatic hydroxyl groups is 2. The fourth-order valence-electron chi connectivity index (χ4n) is 11.3. The number of aliphatic hydroxyl groups excluding tert-OH is 2. The largest absolute Gasteiger partial charge is 0.497 e. The minimum Gasteiger partial charge on any atom is -0.497 e. The summed E-state index contributed by atoms with van der Waals surface area (Å²) in [5.41, 5.74) is 0.614. The van der Waals surface area contributed by atoms with E-state index in [1.807, 2.05) is 25.7 Å². The Morgan fingerprint density at radius 3 is 2.12 bits per heavy atom. The normalized spacial score (nSPS) is 30.9. The van der Waals surface area contributed by atoms with Gasteiger partial charge in [0.2, 0.25) is 29.5 Å². The van der Waals surface area contributed by atoms with Crippen LogP contribution in [0.4, 0.5) is 0 Å². The van der Waals surface area contributed by atoms with Gasteiger partial charge in [-0.25, -0.2) is 4.79 Å². The maximum Gasteiger partial charge on any atom is 0.329 e. The van der Waals surface area contributed by atoms with Gasteiger partial charge >= 0.3 is 11.9 Å². The third-order valence-corrected chi connectivity index (χ3v) is 16.1. The first kappa shape index (κ1) is 62.2. The number of likely N-dealkylation sites (N-methyl/N-ethyl adjacent to an activating group) is 2. The molecule has 4 aliphatic heterocycles. The fourth-order valence-corrected chi connectivity index (χ4v) is 11.3. The van der Waals surface area contributed by atoms with Crippen molar-refractivity contribution >= 4 is 53.2 Å². The topological polar surface area (TPSA) is 262 Å². The van der Waals surface area contributed by atoms with E-state index in [1.54, 1.807) is 63.9 Å². The number of hydrogen-bond donors (Lipinski definition) is 4. The summed E-state index contributed by atoms with van der Waals surface area (Å²) in [5, 5.41) is 27.7. The third-order valence-electron chi connectivity index (χ3n) is 16.1. The Morgan fingerprint density at radius 1 is 0.870 bits per heavy atom. The molecule has 21 nitrogen and oxygen atoms in total. The van der Waals surface area contributed by atoms with Crippen LogP contribution in [0.1, 0.15) is 126 Å². The first-order chi connectivity index (χ1) is 36.2. The molecule has 430 valence electrons. The van der Waals surface area contributed by atoms with Gasteiger partial charge < -0.3 is 54.7 Å². The van der Waals surface area contributed by atoms with Crippen molar-refractivity contribution in [3.05, 3.63) is 29.8 Å². The lowest BCUT2D eigenvalue weighted by Crippen LogP contribution is -2.61. The van der Waals surface area contributed by atoms with Gasteiger partial charge in [-0.1, -0.05) is 60.1 Å². The highest BCUT2D eigenvalue weighted by molar-refractivity contribution is 6.05. The van der Waals surface area contributed by atoms with Gasteiger partial charge in [-0.05, 0) is 109 Å². The number of ketones is 1. The number of fused-ring (bicyclic) bond motifs is 1. The van der Waals surface area contributed by atoms with Gasteiger partial charge in [0.15, 0.2) is 11.9 Å². The molecular weight excluding hydrogens is 995 g/mol. The lowest BCUT2D eigenvalue weighted by molar-refractivity contribution is -0.166. The van der Waals surface area contributed by atoms with Crippen LogP contribution < -0.4 is 15.4 Å². The number of Topliss-reactive ketones (excluding diaryl/α,β-unsaturated/α-hetero) is 1. The zero-order valence-corrected chi connectivity index (χ0v) is 47.6. The van der Waals surface area contributed by atoms with E-state index in [9.17, 15) is 43.8 Å². The summed E-state index contributed by atoms with van der Waals surface area (Å²) in [7, 11) is 4.71. The van der Waals surface area contributed by atoms with E-state index in [4.69, 9.17) is 14.2 Å². The molecule has 4 aliphatic rings. The first-order valence-electron chi connectivity index (χ1n) is 27.7. The molecule has 0 aliphatic carbocycles. The molecule has 5 rings (SSSR count). The lowest BCUT2D eigenvalue weighted by atomic mass is 9.91. The molecule has 0 aromatic heterocycles. The average molecular weight is 1080 g/mol. The summed E-state index contributed by atoms with van der Waals surface area (Å²) >= 11 is 0. The molecule has 4 N–H and O–H groups in total. The molecule has 0 saturated carbocycles. The number of hydrogen-bond acceptors (Lipinski definition) is 15. The highest BCUT2D eigenvalue weighted by Crippen LogP contribution is 2.31. The quantitative estimate of drug-likeness (QED) is 0.163. The Balaban J connectivity index is 1.61. The molecule has 21 heteroatoms. The molecule has 4 fully saturated rings. The summed E-state index contributed by atoms with van der Waals surface area (Å²) in [6.07, 6.45) is -3.56. The molecule has 1 aromatic rings. The van der Waals surface area contributed by atoms with Crippen molar-refractivity contribution in [2.75, 3.05) is 40.8 Å². The summed E-state index contributed by atoms with van der Waals surface area (Å²) < 4.78 is 17.4. The first-order valence-corrected chi connectivity index (χ1v) is 27.7. The van der Waals surface area contributed by atoms with Crippen molar-refractivity contribution in [3.63, 3.8) is 0 Å². The molecule has 6 amide bonds. The molecule has 0 spiro atoms. The fraction of sp³-hybridized carbons (Fsp3) is 0.732. The van der Waals surface area contributed by atoms with Gasteiger partial charge in [0.05, 0.1) is 37.6 Å². The number of methoxy groups -OCH3 is 1. The van der Waals surface area contributed by atoms with E-state index in [0.717, 1.165) is 0 Å². The summed E-state index contributed by atoms with van der Waals surface area (Å²) in [6.45, 7) is 17.5. The Morgan fingerprint density at radius 2 is 1.52 bits per heavy atom. The molecule has 1 aromatic carbocycles. The molecule has 0 radical (unpaired) electrons. The number of nitrogens with one attached hydrogen (secondary N) is 2. The number of ether oxygens (including phenoxy) is 3. The monoisotopic (exact) mass is 1080 g/mol. The number of rotatable bonds is 13. The minimum absolute atomic E-state index is 0.0787. The van der Waals surface area contributed by atoms with E-state index < -0.39 is 144 Å². The number of cyclic esters (lactones) is 2. The second kappa shape index (κ2) is 27.3. The highest BCUT2D eigenvalue weighted by atomic mass is 16.6. The predicted molar refractivity (Wildman–Crippen MR) is 283 cm³/mol. The molecule has 1 unspecified atom stereocenters. The van der Waals surface area contributed by atoms with E-state index in [-0.39, 0.29) is 44.2 Å². The molecular formula is C56H87N7O14. The van der Waals surface area contributed by atoms with Crippen LogP contribution in [0.25, 0.3) is 0 Å². The van der Waals surface area contributed by atoms with Crippen LogP contribution in [0.2, 0.25) is 0 Å². The van der Waals surface area contributed by atoms with E-state index >= 15 is 9.59 Å². The Bertz CT molecular complexity index is 2280. The minimum atomic E-state index is -1.60. The summed E-state index contributed by atoms with van der Waals surface area (Å²) in [5.74, 6) is -8.31. The second-order valence-corrected chi connectivity index (χ2v) is 22.7. The van der Waals surface area contributed by atoms with E-state index in [2.05, 4.69) is 10.6 Å². The van der Waals surface area contributed by atoms with E-state index in [1.165, 1.54) is 49.6 Å². The van der Waals surface area contributed by atoms with Crippen LogP contribution in [0.15, 0.2) is 24.3 Å². The number of amides is 6. The van der Waals surface area contributed by atoms with Crippen LogP contribution in [-0.4, -0.2) is 201 Å². The highest BCUT2D eigenvalue weighted by Gasteiger charge is 2.50. The molecule has 0 bridgehead atoms. The van der Waals surface area contributed by atoms with E-state index in [0.29, 0.717) is 50.1 Å². The molecule has 4 heterocycles. The number of benzene rings is 1. The van der Waals surface area contributed by atoms with Gasteiger partial charge in [-0.3, -0.25) is 43.3 Å². The summed E-state index contributed by atoms with van der Waals surface area (Å²) in [4.78, 5) is 137. The van der Waals surface area contributed by atoms with Gasteiger partial charge in [0.1, 0.15) is 42.1 Å². The van der Waals surface area contributed by atoms with Gasteiger partial charge in [-0.2, -0.15) is 0 Å². The molecule has 4 saturated heterocycles. The van der Waals surface area contributed by atoms with Crippen LogP contribution in [0.3, 0.4) is 0 Å². The van der Waals surface area contributed by atoms with Crippen LogP contribution in [0.5, 0.6) is 5.75 Å². The second-order valence-electron chi connectivity index (χ2n) is 22.7. The number of likely N-dealkylation sites (tertiary alicyclic amines) is 2. The van der Waals surface area contributed by atoms with Gasteiger partial charge in [0, 0.05) is 45.2 Å². The SMILES string of the molecule is CC[C@H](C)[C@H]1NC(=O)[C@@H](N2C(=O)[C@H](N(C)C[C@@H]3CCCN3C(=O)[C@H](C)O)CC2C)[C@@H](C)OC(=O)[C@H](Cc2ccc(OC)cc2)N(C)C(=O)[C@@H]2CCCN2C(=O)[C@H](CC(C)C)NC(=O)[C@@H](C)C(=O)[C@H](C(C)C)OC(=O)C[C@@H]1O. The summed E-state index contributed by atoms with van der Waals surface area (Å²) in [6, 6.07) is -1.09. The Labute approximate surface area is 454 Å². The van der Waals surface area contributed by atoms with Crippen molar-refractivity contribution in [2.24, 2.45) is 23.7 Å². The number of carbonyl (C=O) groups excluding carboxylic acids is 9. The van der Waals surface area contributed by atoms with Gasteiger partial charge in [0.25, 0.3) is 5.91 Å². The van der Waals surface area contributed by atoms with Crippen molar-refractivity contribution < 1.29 is 67.6 Å². The zero-order chi connectivity index (χ0) is 57.3. The van der Waals surface area contributed by atoms with Crippen molar-refractivity contribution in [1.29, 1.82) is 0 Å². The van der Waals surface area contributed by atoms with Crippen LogP contribution in [-0.2, 0) is 59.0 Å². The maximum atomic E-state index is 15.2. The third kappa shape index (κ3) is 14.9. The predicted octanol–water partition coefficient (Wildman–Crippen LogP) is 2.25. The number of nitrogens with zero attached hydrogens (tertiary/aromatic N) is 5.